The Labute approximate surface area is 168 Å². The first-order valence-electron chi connectivity index (χ1n) is 8.96. The third-order valence-corrected chi connectivity index (χ3v) is 4.63. The van der Waals surface area contributed by atoms with Crippen LogP contribution >= 0.6 is 0 Å². The molecule has 5 aromatic rings. The molecule has 0 radical (unpaired) electrons. The van der Waals surface area contributed by atoms with Gasteiger partial charge < -0.3 is 4.42 Å². The van der Waals surface area contributed by atoms with E-state index in [0.29, 0.717) is 17.8 Å². The molecule has 1 aromatic carbocycles. The molecule has 0 amide bonds. The lowest BCUT2D eigenvalue weighted by molar-refractivity contribution is 0.116. The van der Waals surface area contributed by atoms with Crippen molar-refractivity contribution in [3.05, 3.63) is 60.5 Å². The summed E-state index contributed by atoms with van der Waals surface area (Å²) in [6.07, 6.45) is 2.33. The summed E-state index contributed by atoms with van der Waals surface area (Å²) in [5.41, 5.74) is 3.86. The standard InChI is InChI=1S/C19H14F2N8O/c1-28-16-4-2-3-13(14(16)8-23-28)15-10-29(27-24-15)9-12-6-5-11(7-22-12)18-25-26-19(30-18)17(20)21/h2-8,10,17H,9H2,1H3. The molecule has 11 heteroatoms. The van der Waals surface area contributed by atoms with Gasteiger partial charge in [-0.05, 0) is 18.2 Å². The number of nitrogens with zero attached hydrogens (tertiary/aromatic N) is 8. The third kappa shape index (κ3) is 3.19. The summed E-state index contributed by atoms with van der Waals surface area (Å²) in [6.45, 7) is 0.391. The molecular weight excluding hydrogens is 394 g/mol. The summed E-state index contributed by atoms with van der Waals surface area (Å²) < 4.78 is 33.6. The van der Waals surface area contributed by atoms with E-state index in [1.807, 2.05) is 36.1 Å². The zero-order valence-corrected chi connectivity index (χ0v) is 15.6. The Morgan fingerprint density at radius 1 is 1.07 bits per heavy atom. The fraction of sp³-hybridized carbons (Fsp3) is 0.158. The maximum atomic E-state index is 12.6. The highest BCUT2D eigenvalue weighted by Crippen LogP contribution is 2.27. The monoisotopic (exact) mass is 408 g/mol. The van der Waals surface area contributed by atoms with Crippen LogP contribution in [0.1, 0.15) is 18.0 Å². The maximum absolute atomic E-state index is 12.6. The second-order valence-corrected chi connectivity index (χ2v) is 6.59. The number of hydrogen-bond acceptors (Lipinski definition) is 7. The Hall–Kier alpha value is -4.02. The molecule has 5 rings (SSSR count). The normalized spacial score (nSPS) is 11.6. The van der Waals surface area contributed by atoms with Gasteiger partial charge in [-0.1, -0.05) is 17.3 Å². The minimum Gasteiger partial charge on any atom is -0.415 e. The van der Waals surface area contributed by atoms with Crippen LogP contribution in [0.25, 0.3) is 33.6 Å². The predicted octanol–water partition coefficient (Wildman–Crippen LogP) is 3.26. The fourth-order valence-electron chi connectivity index (χ4n) is 3.15. The summed E-state index contributed by atoms with van der Waals surface area (Å²) >= 11 is 0. The Balaban J connectivity index is 1.36. The lowest BCUT2D eigenvalue weighted by Gasteiger charge is -2.01. The number of hydrogen-bond donors (Lipinski definition) is 0. The SMILES string of the molecule is Cn1ncc2c(-c3cn(Cc4ccc(-c5nnc(C(F)F)o5)cn4)nn3)cccc21. The second kappa shape index (κ2) is 7.10. The van der Waals surface area contributed by atoms with Gasteiger partial charge in [-0.2, -0.15) is 13.9 Å². The molecule has 0 spiro atoms. The zero-order valence-electron chi connectivity index (χ0n) is 15.6. The van der Waals surface area contributed by atoms with Crippen molar-refractivity contribution in [2.24, 2.45) is 7.05 Å². The van der Waals surface area contributed by atoms with Crippen molar-refractivity contribution >= 4 is 10.9 Å². The van der Waals surface area contributed by atoms with Crippen molar-refractivity contribution in [3.8, 4) is 22.7 Å². The van der Waals surface area contributed by atoms with E-state index in [-0.39, 0.29) is 5.89 Å². The van der Waals surface area contributed by atoms with Crippen LogP contribution in [0.2, 0.25) is 0 Å². The van der Waals surface area contributed by atoms with E-state index in [1.165, 1.54) is 6.20 Å². The number of alkyl halides is 2. The van der Waals surface area contributed by atoms with Gasteiger partial charge in [0.2, 0.25) is 5.89 Å². The highest BCUT2D eigenvalue weighted by Gasteiger charge is 2.17. The van der Waals surface area contributed by atoms with Gasteiger partial charge in [0.1, 0.15) is 5.69 Å². The number of aryl methyl sites for hydroxylation is 1. The number of pyridine rings is 1. The van der Waals surface area contributed by atoms with Crippen LogP contribution in [0.15, 0.2) is 53.3 Å². The molecule has 0 saturated heterocycles. The van der Waals surface area contributed by atoms with Gasteiger partial charge in [0, 0.05) is 24.2 Å². The first-order valence-corrected chi connectivity index (χ1v) is 8.96. The van der Waals surface area contributed by atoms with E-state index in [9.17, 15) is 8.78 Å². The highest BCUT2D eigenvalue weighted by atomic mass is 19.3. The smallest absolute Gasteiger partial charge is 0.314 e. The Bertz CT molecular complexity index is 1320. The van der Waals surface area contributed by atoms with Crippen LogP contribution in [0.5, 0.6) is 0 Å². The van der Waals surface area contributed by atoms with Crippen LogP contribution in [0.3, 0.4) is 0 Å². The molecule has 4 aromatic heterocycles. The van der Waals surface area contributed by atoms with Gasteiger partial charge in [0.15, 0.2) is 0 Å². The number of fused-ring (bicyclic) bond motifs is 1. The molecule has 0 bridgehead atoms. The topological polar surface area (TPSA) is 100 Å². The Kier molecular flexibility index (Phi) is 4.27. The largest absolute Gasteiger partial charge is 0.415 e. The molecule has 0 aliphatic rings. The van der Waals surface area contributed by atoms with Crippen molar-refractivity contribution < 1.29 is 13.2 Å². The van der Waals surface area contributed by atoms with E-state index in [0.717, 1.165) is 22.2 Å². The minimum absolute atomic E-state index is 0.00282. The van der Waals surface area contributed by atoms with E-state index in [1.54, 1.807) is 23.0 Å². The van der Waals surface area contributed by atoms with Crippen molar-refractivity contribution in [2.75, 3.05) is 0 Å². The van der Waals surface area contributed by atoms with Crippen LogP contribution in [-0.2, 0) is 13.6 Å². The molecule has 4 heterocycles. The van der Waals surface area contributed by atoms with E-state index >= 15 is 0 Å². The molecule has 0 unspecified atom stereocenters. The molecule has 0 aliphatic carbocycles. The number of halogens is 2. The average molecular weight is 408 g/mol. The van der Waals surface area contributed by atoms with Gasteiger partial charge in [0.25, 0.3) is 5.89 Å². The molecule has 0 fully saturated rings. The van der Waals surface area contributed by atoms with Crippen molar-refractivity contribution in [1.29, 1.82) is 0 Å². The number of aromatic nitrogens is 8. The summed E-state index contributed by atoms with van der Waals surface area (Å²) in [5.74, 6) is -0.718. The summed E-state index contributed by atoms with van der Waals surface area (Å²) in [5, 5.41) is 20.7. The first-order chi connectivity index (χ1) is 14.6. The molecule has 0 saturated carbocycles. The fourth-order valence-corrected chi connectivity index (χ4v) is 3.15. The summed E-state index contributed by atoms with van der Waals surface area (Å²) in [4.78, 5) is 4.32. The van der Waals surface area contributed by atoms with Gasteiger partial charge in [-0.25, -0.2) is 4.68 Å². The second-order valence-electron chi connectivity index (χ2n) is 6.59. The van der Waals surface area contributed by atoms with Crippen LogP contribution < -0.4 is 0 Å². The number of rotatable bonds is 5. The van der Waals surface area contributed by atoms with Crippen LogP contribution in [0.4, 0.5) is 8.78 Å². The molecule has 0 aliphatic heterocycles. The van der Waals surface area contributed by atoms with Gasteiger partial charge in [-0.15, -0.1) is 15.3 Å². The first kappa shape index (κ1) is 18.0. The lowest BCUT2D eigenvalue weighted by Crippen LogP contribution is -2.02. The van der Waals surface area contributed by atoms with Gasteiger partial charge in [0.05, 0.1) is 35.7 Å². The summed E-state index contributed by atoms with van der Waals surface area (Å²) in [7, 11) is 1.89. The van der Waals surface area contributed by atoms with E-state index in [4.69, 9.17) is 4.42 Å². The quantitative estimate of drug-likeness (QED) is 0.440. The van der Waals surface area contributed by atoms with E-state index in [2.05, 4.69) is 30.6 Å². The van der Waals surface area contributed by atoms with Gasteiger partial charge in [-0.3, -0.25) is 9.67 Å². The molecule has 0 N–H and O–H groups in total. The Morgan fingerprint density at radius 3 is 2.73 bits per heavy atom. The van der Waals surface area contributed by atoms with Crippen molar-refractivity contribution in [3.63, 3.8) is 0 Å². The average Bonchev–Trinajstić information content (AvgIpc) is 3.49. The maximum Gasteiger partial charge on any atom is 0.314 e. The third-order valence-electron chi connectivity index (χ3n) is 4.63. The van der Waals surface area contributed by atoms with Crippen LogP contribution in [-0.4, -0.2) is 40.0 Å². The predicted molar refractivity (Wildman–Crippen MR) is 101 cm³/mol. The molecule has 150 valence electrons. The zero-order chi connectivity index (χ0) is 20.7. The number of benzene rings is 1. The summed E-state index contributed by atoms with van der Waals surface area (Å²) in [6, 6.07) is 9.35. The molecule has 9 nitrogen and oxygen atoms in total. The minimum atomic E-state index is -2.81. The van der Waals surface area contributed by atoms with Crippen molar-refractivity contribution in [2.45, 2.75) is 13.0 Å². The lowest BCUT2D eigenvalue weighted by atomic mass is 10.1. The van der Waals surface area contributed by atoms with Crippen molar-refractivity contribution in [1.82, 2.24) is 40.0 Å². The molecular formula is C19H14F2N8O. The highest BCUT2D eigenvalue weighted by molar-refractivity contribution is 5.93. The van der Waals surface area contributed by atoms with Crippen LogP contribution in [0, 0.1) is 0 Å². The van der Waals surface area contributed by atoms with Gasteiger partial charge >= 0.3 is 6.43 Å². The Morgan fingerprint density at radius 2 is 1.97 bits per heavy atom. The van der Waals surface area contributed by atoms with E-state index < -0.39 is 12.3 Å². The molecule has 0 atom stereocenters. The molecule has 30 heavy (non-hydrogen) atoms.